The number of carbonyl (C=O) groups excluding carboxylic acids is 1. The molecule has 1 heterocycles. The average Bonchev–Trinajstić information content (AvgIpc) is 3.15. The lowest BCUT2D eigenvalue weighted by molar-refractivity contribution is -0.126. The van der Waals surface area contributed by atoms with Crippen LogP contribution in [0, 0.1) is 0 Å². The first-order valence-corrected chi connectivity index (χ1v) is 8.18. The molecule has 1 aromatic heterocycles. The highest BCUT2D eigenvalue weighted by atomic mass is 16.3. The van der Waals surface area contributed by atoms with Gasteiger partial charge in [-0.1, -0.05) is 43.2 Å². The largest absolute Gasteiger partial charge is 0.389 e. The Hall–Kier alpha value is -2.14. The van der Waals surface area contributed by atoms with E-state index in [-0.39, 0.29) is 12.3 Å². The van der Waals surface area contributed by atoms with Crippen LogP contribution in [0.1, 0.15) is 43.5 Å². The molecule has 5 nitrogen and oxygen atoms in total. The molecule has 0 spiro atoms. The van der Waals surface area contributed by atoms with Gasteiger partial charge in [-0.05, 0) is 18.4 Å². The van der Waals surface area contributed by atoms with Gasteiger partial charge in [-0.2, -0.15) is 0 Å². The predicted molar refractivity (Wildman–Crippen MR) is 87.7 cm³/mol. The number of nitrogens with zero attached hydrogens (tertiary/aromatic N) is 2. The molecule has 0 bridgehead atoms. The Kier molecular flexibility index (Phi) is 4.76. The summed E-state index contributed by atoms with van der Waals surface area (Å²) in [7, 11) is 0. The SMILES string of the molecule is O=C(CC1(O)CCCC1)NCc1nccn1Cc1ccccc1. The smallest absolute Gasteiger partial charge is 0.223 e. The number of aromatic nitrogens is 2. The standard InChI is InChI=1S/C18H23N3O2/c22-17(12-18(23)8-4-5-9-18)20-13-16-19-10-11-21(16)14-15-6-2-1-3-7-15/h1-3,6-7,10-11,23H,4-5,8-9,12-14H2,(H,20,22). The van der Waals surface area contributed by atoms with E-state index in [9.17, 15) is 9.90 Å². The van der Waals surface area contributed by atoms with E-state index in [0.717, 1.165) is 38.1 Å². The maximum atomic E-state index is 12.1. The third-order valence-corrected chi connectivity index (χ3v) is 4.47. The monoisotopic (exact) mass is 313 g/mol. The summed E-state index contributed by atoms with van der Waals surface area (Å²) in [5, 5.41) is 13.2. The number of imidazole rings is 1. The first-order valence-electron chi connectivity index (χ1n) is 8.18. The van der Waals surface area contributed by atoms with Gasteiger partial charge in [0.15, 0.2) is 0 Å². The highest BCUT2D eigenvalue weighted by molar-refractivity contribution is 5.76. The molecule has 0 radical (unpaired) electrons. The van der Waals surface area contributed by atoms with Crippen LogP contribution < -0.4 is 5.32 Å². The molecule has 0 aliphatic heterocycles. The Morgan fingerprint density at radius 2 is 2.00 bits per heavy atom. The second-order valence-electron chi connectivity index (χ2n) is 6.34. The summed E-state index contributed by atoms with van der Waals surface area (Å²) >= 11 is 0. The maximum Gasteiger partial charge on any atom is 0.223 e. The molecule has 2 N–H and O–H groups in total. The molecule has 1 aliphatic carbocycles. The molecule has 122 valence electrons. The molecule has 1 saturated carbocycles. The molecule has 2 aromatic rings. The lowest BCUT2D eigenvalue weighted by atomic mass is 9.98. The molecule has 1 amide bonds. The number of hydrogen-bond acceptors (Lipinski definition) is 3. The summed E-state index contributed by atoms with van der Waals surface area (Å²) in [4.78, 5) is 16.4. The van der Waals surface area contributed by atoms with Crippen LogP contribution in [0.25, 0.3) is 0 Å². The first kappa shape index (κ1) is 15.7. The number of benzene rings is 1. The Morgan fingerprint density at radius 1 is 1.26 bits per heavy atom. The van der Waals surface area contributed by atoms with Gasteiger partial charge in [-0.3, -0.25) is 4.79 Å². The third-order valence-electron chi connectivity index (χ3n) is 4.47. The van der Waals surface area contributed by atoms with E-state index in [1.54, 1.807) is 6.20 Å². The minimum atomic E-state index is -0.802. The van der Waals surface area contributed by atoms with Crippen LogP contribution in [0.15, 0.2) is 42.7 Å². The predicted octanol–water partition coefficient (Wildman–Crippen LogP) is 2.24. The first-order chi connectivity index (χ1) is 11.1. The molecule has 1 aliphatic rings. The zero-order chi connectivity index (χ0) is 16.1. The number of hydrogen-bond donors (Lipinski definition) is 2. The van der Waals surface area contributed by atoms with E-state index < -0.39 is 5.60 Å². The van der Waals surface area contributed by atoms with Crippen LogP contribution in [-0.4, -0.2) is 26.2 Å². The Labute approximate surface area is 136 Å². The topological polar surface area (TPSA) is 67.2 Å². The van der Waals surface area contributed by atoms with E-state index in [4.69, 9.17) is 0 Å². The number of aliphatic hydroxyl groups is 1. The summed E-state index contributed by atoms with van der Waals surface area (Å²) in [5.74, 6) is 0.712. The van der Waals surface area contributed by atoms with Crippen LogP contribution in [0.4, 0.5) is 0 Å². The van der Waals surface area contributed by atoms with Crippen LogP contribution in [0.5, 0.6) is 0 Å². The van der Waals surface area contributed by atoms with Gasteiger partial charge in [0.25, 0.3) is 0 Å². The second-order valence-corrected chi connectivity index (χ2v) is 6.34. The molecule has 0 saturated heterocycles. The van der Waals surface area contributed by atoms with Crippen molar-refractivity contribution in [3.8, 4) is 0 Å². The quantitative estimate of drug-likeness (QED) is 0.859. The second kappa shape index (κ2) is 6.96. The summed E-state index contributed by atoms with van der Waals surface area (Å²) in [6, 6.07) is 10.1. The van der Waals surface area contributed by atoms with Gasteiger partial charge < -0.3 is 15.0 Å². The molecule has 3 rings (SSSR count). The van der Waals surface area contributed by atoms with Gasteiger partial charge in [0.2, 0.25) is 5.91 Å². The van der Waals surface area contributed by atoms with Crippen molar-refractivity contribution in [2.45, 2.75) is 50.8 Å². The van der Waals surface area contributed by atoms with E-state index in [1.165, 1.54) is 5.56 Å². The maximum absolute atomic E-state index is 12.1. The van der Waals surface area contributed by atoms with Crippen molar-refractivity contribution in [3.05, 3.63) is 54.1 Å². The van der Waals surface area contributed by atoms with Crippen molar-refractivity contribution in [1.29, 1.82) is 0 Å². The van der Waals surface area contributed by atoms with E-state index in [2.05, 4.69) is 22.4 Å². The number of carbonyl (C=O) groups is 1. The van der Waals surface area contributed by atoms with Gasteiger partial charge >= 0.3 is 0 Å². The zero-order valence-corrected chi connectivity index (χ0v) is 13.2. The van der Waals surface area contributed by atoms with Crippen molar-refractivity contribution >= 4 is 5.91 Å². The van der Waals surface area contributed by atoms with E-state index >= 15 is 0 Å². The van der Waals surface area contributed by atoms with Crippen LogP contribution >= 0.6 is 0 Å². The fraction of sp³-hybridized carbons (Fsp3) is 0.444. The Morgan fingerprint density at radius 3 is 2.74 bits per heavy atom. The third kappa shape index (κ3) is 4.20. The summed E-state index contributed by atoms with van der Waals surface area (Å²) in [5.41, 5.74) is 0.391. The number of rotatable bonds is 6. The van der Waals surface area contributed by atoms with Gasteiger partial charge in [0, 0.05) is 18.9 Å². The fourth-order valence-electron chi connectivity index (χ4n) is 3.18. The Balaban J connectivity index is 1.54. The Bertz CT molecular complexity index is 645. The number of amides is 1. The van der Waals surface area contributed by atoms with Crippen molar-refractivity contribution in [3.63, 3.8) is 0 Å². The highest BCUT2D eigenvalue weighted by Crippen LogP contribution is 2.32. The summed E-state index contributed by atoms with van der Waals surface area (Å²) < 4.78 is 2.03. The molecule has 0 atom stereocenters. The molecular formula is C18H23N3O2. The van der Waals surface area contributed by atoms with Gasteiger partial charge in [0.05, 0.1) is 18.6 Å². The molecule has 5 heteroatoms. The minimum absolute atomic E-state index is 0.108. The van der Waals surface area contributed by atoms with Crippen molar-refractivity contribution in [2.75, 3.05) is 0 Å². The van der Waals surface area contributed by atoms with Crippen molar-refractivity contribution in [2.24, 2.45) is 0 Å². The van der Waals surface area contributed by atoms with Gasteiger partial charge in [-0.15, -0.1) is 0 Å². The molecule has 1 fully saturated rings. The summed E-state index contributed by atoms with van der Waals surface area (Å²) in [6.45, 7) is 1.12. The summed E-state index contributed by atoms with van der Waals surface area (Å²) in [6.07, 6.45) is 7.31. The lowest BCUT2D eigenvalue weighted by Gasteiger charge is -2.21. The molecule has 0 unspecified atom stereocenters. The van der Waals surface area contributed by atoms with Crippen LogP contribution in [0.2, 0.25) is 0 Å². The van der Waals surface area contributed by atoms with Crippen LogP contribution in [0.3, 0.4) is 0 Å². The van der Waals surface area contributed by atoms with Crippen LogP contribution in [-0.2, 0) is 17.9 Å². The van der Waals surface area contributed by atoms with Crippen molar-refractivity contribution in [1.82, 2.24) is 14.9 Å². The number of nitrogens with one attached hydrogen (secondary N) is 1. The van der Waals surface area contributed by atoms with Gasteiger partial charge in [0.1, 0.15) is 5.82 Å². The highest BCUT2D eigenvalue weighted by Gasteiger charge is 2.33. The fourth-order valence-corrected chi connectivity index (χ4v) is 3.18. The molecule has 23 heavy (non-hydrogen) atoms. The zero-order valence-electron chi connectivity index (χ0n) is 13.2. The van der Waals surface area contributed by atoms with E-state index in [1.807, 2.05) is 29.0 Å². The molecular weight excluding hydrogens is 290 g/mol. The minimum Gasteiger partial charge on any atom is -0.389 e. The lowest BCUT2D eigenvalue weighted by Crippen LogP contribution is -2.34. The molecule has 1 aromatic carbocycles. The van der Waals surface area contributed by atoms with Gasteiger partial charge in [-0.25, -0.2) is 4.98 Å². The normalized spacial score (nSPS) is 16.4. The average molecular weight is 313 g/mol. The van der Waals surface area contributed by atoms with Crippen molar-refractivity contribution < 1.29 is 9.90 Å². The van der Waals surface area contributed by atoms with E-state index in [0.29, 0.717) is 6.54 Å².